The third-order valence-corrected chi connectivity index (χ3v) is 6.37. The molecule has 0 aromatic heterocycles. The van der Waals surface area contributed by atoms with Gasteiger partial charge >= 0.3 is 0 Å². The first-order chi connectivity index (χ1) is 15.6. The molecule has 33 heavy (non-hydrogen) atoms. The SMILES string of the molecule is COc1cc(C(=O)Nc2ccc(S(=O)(=O)Nc3ccc(C)c(C)c3)cc2)ccc1OC(C)C. The van der Waals surface area contributed by atoms with Crippen LogP contribution in [0.4, 0.5) is 11.4 Å². The van der Waals surface area contributed by atoms with Gasteiger partial charge in [0, 0.05) is 16.9 Å². The molecule has 0 atom stereocenters. The minimum Gasteiger partial charge on any atom is -0.493 e. The van der Waals surface area contributed by atoms with E-state index in [9.17, 15) is 13.2 Å². The Kier molecular flexibility index (Phi) is 7.28. The normalized spacial score (nSPS) is 11.2. The molecule has 0 unspecified atom stereocenters. The second-order valence-corrected chi connectivity index (χ2v) is 9.60. The molecule has 3 aromatic rings. The zero-order valence-corrected chi connectivity index (χ0v) is 20.1. The highest BCUT2D eigenvalue weighted by Gasteiger charge is 2.16. The summed E-state index contributed by atoms with van der Waals surface area (Å²) >= 11 is 0. The van der Waals surface area contributed by atoms with Gasteiger partial charge in [0.15, 0.2) is 11.5 Å². The molecular weight excluding hydrogens is 440 g/mol. The molecule has 1 amide bonds. The molecule has 0 aliphatic carbocycles. The summed E-state index contributed by atoms with van der Waals surface area (Å²) in [6.07, 6.45) is -0.0297. The first kappa shape index (κ1) is 24.1. The van der Waals surface area contributed by atoms with Crippen molar-refractivity contribution in [1.82, 2.24) is 0 Å². The average Bonchev–Trinajstić information content (AvgIpc) is 2.76. The number of carbonyl (C=O) groups excluding carboxylic acids is 1. The molecule has 0 saturated carbocycles. The van der Waals surface area contributed by atoms with Crippen molar-refractivity contribution in [2.45, 2.75) is 38.7 Å². The van der Waals surface area contributed by atoms with E-state index in [2.05, 4.69) is 10.0 Å². The molecule has 3 aromatic carbocycles. The number of carbonyl (C=O) groups is 1. The highest BCUT2D eigenvalue weighted by molar-refractivity contribution is 7.92. The van der Waals surface area contributed by atoms with E-state index in [-0.39, 0.29) is 16.9 Å². The lowest BCUT2D eigenvalue weighted by molar-refractivity contribution is 0.102. The number of amides is 1. The van der Waals surface area contributed by atoms with Crippen LogP contribution < -0.4 is 19.5 Å². The fourth-order valence-electron chi connectivity index (χ4n) is 3.10. The zero-order valence-electron chi connectivity index (χ0n) is 19.3. The van der Waals surface area contributed by atoms with Crippen molar-refractivity contribution in [2.24, 2.45) is 0 Å². The summed E-state index contributed by atoms with van der Waals surface area (Å²) in [4.78, 5) is 12.8. The lowest BCUT2D eigenvalue weighted by atomic mass is 10.1. The lowest BCUT2D eigenvalue weighted by Gasteiger charge is -2.14. The highest BCUT2D eigenvalue weighted by atomic mass is 32.2. The third-order valence-electron chi connectivity index (χ3n) is 4.97. The van der Waals surface area contributed by atoms with Crippen LogP contribution in [-0.2, 0) is 10.0 Å². The fraction of sp³-hybridized carbons (Fsp3) is 0.240. The van der Waals surface area contributed by atoms with Gasteiger partial charge in [-0.25, -0.2) is 8.42 Å². The molecule has 8 heteroatoms. The first-order valence-corrected chi connectivity index (χ1v) is 11.9. The first-order valence-electron chi connectivity index (χ1n) is 10.5. The quantitative estimate of drug-likeness (QED) is 0.477. The number of benzene rings is 3. The van der Waals surface area contributed by atoms with Crippen molar-refractivity contribution in [1.29, 1.82) is 0 Å². The number of anilines is 2. The summed E-state index contributed by atoms with van der Waals surface area (Å²) < 4.78 is 39.0. The summed E-state index contributed by atoms with van der Waals surface area (Å²) in [5, 5.41) is 2.76. The van der Waals surface area contributed by atoms with Gasteiger partial charge in [0.2, 0.25) is 0 Å². The van der Waals surface area contributed by atoms with Crippen molar-refractivity contribution in [2.75, 3.05) is 17.1 Å². The van der Waals surface area contributed by atoms with Gasteiger partial charge in [0.05, 0.1) is 18.1 Å². The highest BCUT2D eigenvalue weighted by Crippen LogP contribution is 2.29. The summed E-state index contributed by atoms with van der Waals surface area (Å²) in [6, 6.07) is 16.3. The van der Waals surface area contributed by atoms with Crippen molar-refractivity contribution in [3.05, 3.63) is 77.4 Å². The Morgan fingerprint density at radius 3 is 2.12 bits per heavy atom. The smallest absolute Gasteiger partial charge is 0.261 e. The van der Waals surface area contributed by atoms with Gasteiger partial charge < -0.3 is 14.8 Å². The Labute approximate surface area is 194 Å². The van der Waals surface area contributed by atoms with E-state index in [1.54, 1.807) is 42.5 Å². The maximum Gasteiger partial charge on any atom is 0.261 e. The van der Waals surface area contributed by atoms with Crippen LogP contribution in [0, 0.1) is 13.8 Å². The third kappa shape index (κ3) is 6.04. The topological polar surface area (TPSA) is 93.7 Å². The van der Waals surface area contributed by atoms with Gasteiger partial charge in [0.1, 0.15) is 0 Å². The molecule has 3 rings (SSSR count). The molecule has 0 heterocycles. The van der Waals surface area contributed by atoms with Crippen LogP contribution >= 0.6 is 0 Å². The van der Waals surface area contributed by atoms with Crippen molar-refractivity contribution >= 4 is 27.3 Å². The predicted molar refractivity (Wildman–Crippen MR) is 130 cm³/mol. The minimum atomic E-state index is -3.76. The van der Waals surface area contributed by atoms with E-state index >= 15 is 0 Å². The molecule has 7 nitrogen and oxygen atoms in total. The number of hydrogen-bond acceptors (Lipinski definition) is 5. The molecule has 0 saturated heterocycles. The van der Waals surface area contributed by atoms with Gasteiger partial charge in [-0.05, 0) is 93.4 Å². The number of ether oxygens (including phenoxy) is 2. The average molecular weight is 469 g/mol. The molecule has 0 aliphatic rings. The minimum absolute atomic E-state index is 0.0297. The Morgan fingerprint density at radius 2 is 1.52 bits per heavy atom. The number of nitrogens with one attached hydrogen (secondary N) is 2. The Morgan fingerprint density at radius 1 is 0.848 bits per heavy atom. The van der Waals surface area contributed by atoms with Gasteiger partial charge in [-0.3, -0.25) is 9.52 Å². The van der Waals surface area contributed by atoms with Crippen molar-refractivity contribution < 1.29 is 22.7 Å². The number of aryl methyl sites for hydroxylation is 2. The van der Waals surface area contributed by atoms with Crippen LogP contribution in [-0.4, -0.2) is 27.5 Å². The van der Waals surface area contributed by atoms with Gasteiger partial charge in [-0.1, -0.05) is 6.07 Å². The van der Waals surface area contributed by atoms with Crippen LogP contribution in [0.5, 0.6) is 11.5 Å². The van der Waals surface area contributed by atoms with E-state index < -0.39 is 10.0 Å². The monoisotopic (exact) mass is 468 g/mol. The summed E-state index contributed by atoms with van der Waals surface area (Å²) in [7, 11) is -2.25. The Balaban J connectivity index is 1.72. The van der Waals surface area contributed by atoms with Gasteiger partial charge in [0.25, 0.3) is 15.9 Å². The second-order valence-electron chi connectivity index (χ2n) is 7.92. The predicted octanol–water partition coefficient (Wildman–Crippen LogP) is 5.15. The maximum atomic E-state index is 12.7. The van der Waals surface area contributed by atoms with E-state index in [1.807, 2.05) is 33.8 Å². The van der Waals surface area contributed by atoms with Crippen LogP contribution in [0.15, 0.2) is 65.6 Å². The van der Waals surface area contributed by atoms with Crippen LogP contribution in [0.25, 0.3) is 0 Å². The molecular formula is C25H28N2O5S. The van der Waals surface area contributed by atoms with Crippen molar-refractivity contribution in [3.8, 4) is 11.5 Å². The summed E-state index contributed by atoms with van der Waals surface area (Å²) in [5.74, 6) is 0.651. The van der Waals surface area contributed by atoms with Crippen LogP contribution in [0.2, 0.25) is 0 Å². The van der Waals surface area contributed by atoms with Crippen LogP contribution in [0.3, 0.4) is 0 Å². The van der Waals surface area contributed by atoms with E-state index in [4.69, 9.17) is 9.47 Å². The number of methoxy groups -OCH3 is 1. The molecule has 0 aliphatic heterocycles. The summed E-state index contributed by atoms with van der Waals surface area (Å²) in [5.41, 5.74) is 3.42. The van der Waals surface area contributed by atoms with Crippen molar-refractivity contribution in [3.63, 3.8) is 0 Å². The van der Waals surface area contributed by atoms with E-state index in [0.29, 0.717) is 28.4 Å². The fourth-order valence-corrected chi connectivity index (χ4v) is 4.15. The standard InChI is InChI=1S/C25H28N2O5S/c1-16(2)32-23-13-7-19(15-24(23)31-5)25(28)26-20-9-11-22(12-10-20)33(29,30)27-21-8-6-17(3)18(4)14-21/h6-16,27H,1-5H3,(H,26,28). The second kappa shape index (κ2) is 9.95. The Bertz CT molecular complexity index is 1250. The lowest BCUT2D eigenvalue weighted by Crippen LogP contribution is -2.14. The molecule has 174 valence electrons. The number of hydrogen-bond donors (Lipinski definition) is 2. The van der Waals surface area contributed by atoms with Gasteiger partial charge in [-0.2, -0.15) is 0 Å². The van der Waals surface area contributed by atoms with Crippen LogP contribution in [0.1, 0.15) is 35.3 Å². The summed E-state index contributed by atoms with van der Waals surface area (Å²) in [6.45, 7) is 7.69. The number of sulfonamides is 1. The van der Waals surface area contributed by atoms with E-state index in [1.165, 1.54) is 19.2 Å². The molecule has 2 N–H and O–H groups in total. The van der Waals surface area contributed by atoms with Gasteiger partial charge in [-0.15, -0.1) is 0 Å². The molecule has 0 radical (unpaired) electrons. The molecule has 0 spiro atoms. The number of rotatable bonds is 8. The van der Waals surface area contributed by atoms with E-state index in [0.717, 1.165) is 11.1 Å². The molecule has 0 bridgehead atoms. The largest absolute Gasteiger partial charge is 0.493 e. The Hall–Kier alpha value is -3.52. The zero-order chi connectivity index (χ0) is 24.2. The molecule has 0 fully saturated rings. The maximum absolute atomic E-state index is 12.7.